The van der Waals surface area contributed by atoms with E-state index in [9.17, 15) is 13.6 Å². The zero-order valence-corrected chi connectivity index (χ0v) is 10.1. The van der Waals surface area contributed by atoms with Gasteiger partial charge in [0.1, 0.15) is 0 Å². The fourth-order valence-corrected chi connectivity index (χ4v) is 2.47. The molecule has 98 valence electrons. The van der Waals surface area contributed by atoms with Gasteiger partial charge in [0.2, 0.25) is 0 Å². The molecule has 0 bridgehead atoms. The number of carboxylic acid groups (broad SMARTS) is 1. The summed E-state index contributed by atoms with van der Waals surface area (Å²) in [5, 5.41) is 8.71. The summed E-state index contributed by atoms with van der Waals surface area (Å²) < 4.78 is 27.4. The van der Waals surface area contributed by atoms with E-state index < -0.39 is 23.2 Å². The molecule has 1 aliphatic rings. The summed E-state index contributed by atoms with van der Waals surface area (Å²) >= 11 is 0. The van der Waals surface area contributed by atoms with E-state index in [1.807, 2.05) is 0 Å². The summed E-state index contributed by atoms with van der Waals surface area (Å²) in [5.74, 6) is -3.82. The Morgan fingerprint density at radius 2 is 1.89 bits per heavy atom. The Hall–Kier alpha value is -1.65. The van der Waals surface area contributed by atoms with Gasteiger partial charge < -0.3 is 10.0 Å². The monoisotopic (exact) mass is 255 g/mol. The van der Waals surface area contributed by atoms with Crippen LogP contribution in [0.4, 0.5) is 14.5 Å². The molecular weight excluding hydrogens is 240 g/mol. The number of carbonyl (C=O) groups is 1. The van der Waals surface area contributed by atoms with Gasteiger partial charge in [-0.25, -0.2) is 13.6 Å². The van der Waals surface area contributed by atoms with E-state index in [2.05, 4.69) is 0 Å². The van der Waals surface area contributed by atoms with Crippen molar-refractivity contribution in [2.45, 2.75) is 31.7 Å². The molecule has 0 spiro atoms. The fraction of sp³-hybridized carbons (Fsp3) is 0.462. The number of carboxylic acids is 1. The topological polar surface area (TPSA) is 40.5 Å². The van der Waals surface area contributed by atoms with Crippen LogP contribution >= 0.6 is 0 Å². The predicted octanol–water partition coefficient (Wildman–Crippen LogP) is 3.04. The Bertz CT molecular complexity index is 470. The number of anilines is 1. The summed E-state index contributed by atoms with van der Waals surface area (Å²) in [5.41, 5.74) is -0.500. The summed E-state index contributed by atoms with van der Waals surface area (Å²) in [6, 6.07) is 2.65. The number of aromatic carboxylic acids is 1. The van der Waals surface area contributed by atoms with Crippen LogP contribution in [-0.4, -0.2) is 24.2 Å². The van der Waals surface area contributed by atoms with Crippen molar-refractivity contribution in [3.63, 3.8) is 0 Å². The molecule has 2 rings (SSSR count). The highest BCUT2D eigenvalue weighted by Crippen LogP contribution is 2.30. The summed E-state index contributed by atoms with van der Waals surface area (Å²) in [4.78, 5) is 12.4. The lowest BCUT2D eigenvalue weighted by atomic mass is 10.1. The van der Waals surface area contributed by atoms with Crippen molar-refractivity contribution < 1.29 is 18.7 Å². The van der Waals surface area contributed by atoms with Crippen molar-refractivity contribution in [3.8, 4) is 0 Å². The zero-order chi connectivity index (χ0) is 13.3. The highest BCUT2D eigenvalue weighted by molar-refractivity contribution is 5.88. The molecule has 1 saturated carbocycles. The highest BCUT2D eigenvalue weighted by atomic mass is 19.2. The van der Waals surface area contributed by atoms with Gasteiger partial charge in [0.25, 0.3) is 0 Å². The van der Waals surface area contributed by atoms with Crippen LogP contribution in [0.2, 0.25) is 0 Å². The molecule has 1 aromatic rings. The van der Waals surface area contributed by atoms with Gasteiger partial charge in [-0.15, -0.1) is 0 Å². The number of benzene rings is 1. The molecule has 0 aliphatic heterocycles. The van der Waals surface area contributed by atoms with E-state index in [1.165, 1.54) is 6.07 Å². The fourth-order valence-electron chi connectivity index (χ4n) is 2.47. The van der Waals surface area contributed by atoms with E-state index in [1.54, 1.807) is 11.9 Å². The molecule has 1 aromatic carbocycles. The minimum Gasteiger partial charge on any atom is -0.478 e. The molecule has 1 fully saturated rings. The van der Waals surface area contributed by atoms with Crippen molar-refractivity contribution in [3.05, 3.63) is 29.3 Å². The Balaban J connectivity index is 2.34. The van der Waals surface area contributed by atoms with Crippen LogP contribution in [0, 0.1) is 11.6 Å². The summed E-state index contributed by atoms with van der Waals surface area (Å²) in [6.07, 6.45) is 4.09. The second-order valence-electron chi connectivity index (χ2n) is 4.61. The smallest absolute Gasteiger partial charge is 0.338 e. The average molecular weight is 255 g/mol. The SMILES string of the molecule is CN(c1ccc(C(=O)O)c(F)c1F)C1CCCC1. The Labute approximate surface area is 104 Å². The summed E-state index contributed by atoms with van der Waals surface area (Å²) in [7, 11) is 1.72. The van der Waals surface area contributed by atoms with Crippen LogP contribution in [0.15, 0.2) is 12.1 Å². The lowest BCUT2D eigenvalue weighted by molar-refractivity contribution is 0.0690. The van der Waals surface area contributed by atoms with Crippen LogP contribution in [-0.2, 0) is 0 Å². The number of nitrogens with zero attached hydrogens (tertiary/aromatic N) is 1. The van der Waals surface area contributed by atoms with Gasteiger partial charge in [0, 0.05) is 13.1 Å². The van der Waals surface area contributed by atoms with Crippen LogP contribution in [0.1, 0.15) is 36.0 Å². The molecule has 0 amide bonds. The normalized spacial score (nSPS) is 15.9. The lowest BCUT2D eigenvalue weighted by Gasteiger charge is -2.27. The molecule has 0 heterocycles. The molecule has 0 saturated heterocycles. The summed E-state index contributed by atoms with van der Waals surface area (Å²) in [6.45, 7) is 0. The first kappa shape index (κ1) is 12.8. The maximum absolute atomic E-state index is 13.8. The zero-order valence-electron chi connectivity index (χ0n) is 10.1. The molecule has 0 atom stereocenters. The van der Waals surface area contributed by atoms with Crippen molar-refractivity contribution >= 4 is 11.7 Å². The first-order valence-corrected chi connectivity index (χ1v) is 5.96. The van der Waals surface area contributed by atoms with Crippen molar-refractivity contribution in [1.29, 1.82) is 0 Å². The maximum atomic E-state index is 13.8. The van der Waals surface area contributed by atoms with Gasteiger partial charge in [-0.1, -0.05) is 12.8 Å². The first-order valence-electron chi connectivity index (χ1n) is 5.96. The number of rotatable bonds is 3. The minimum atomic E-state index is -1.46. The molecule has 1 aliphatic carbocycles. The number of hydrogen-bond donors (Lipinski definition) is 1. The van der Waals surface area contributed by atoms with Crippen LogP contribution < -0.4 is 4.90 Å². The third-order valence-electron chi connectivity index (χ3n) is 3.54. The van der Waals surface area contributed by atoms with Crippen LogP contribution in [0.5, 0.6) is 0 Å². The van der Waals surface area contributed by atoms with E-state index >= 15 is 0 Å². The van der Waals surface area contributed by atoms with Gasteiger partial charge in [-0.05, 0) is 25.0 Å². The number of hydrogen-bond acceptors (Lipinski definition) is 2. The van der Waals surface area contributed by atoms with E-state index in [4.69, 9.17) is 5.11 Å². The van der Waals surface area contributed by atoms with Gasteiger partial charge in [0.15, 0.2) is 11.6 Å². The van der Waals surface area contributed by atoms with Gasteiger partial charge >= 0.3 is 5.97 Å². The van der Waals surface area contributed by atoms with Gasteiger partial charge in [-0.3, -0.25) is 0 Å². The third kappa shape index (κ3) is 2.17. The lowest BCUT2D eigenvalue weighted by Crippen LogP contribution is -2.30. The largest absolute Gasteiger partial charge is 0.478 e. The molecule has 5 heteroatoms. The molecule has 18 heavy (non-hydrogen) atoms. The first-order chi connectivity index (χ1) is 8.52. The Kier molecular flexibility index (Phi) is 3.50. The second-order valence-corrected chi connectivity index (χ2v) is 4.61. The van der Waals surface area contributed by atoms with Crippen LogP contribution in [0.3, 0.4) is 0 Å². The molecule has 0 aromatic heterocycles. The molecular formula is C13H15F2NO2. The highest BCUT2D eigenvalue weighted by Gasteiger charge is 2.25. The molecule has 1 N–H and O–H groups in total. The van der Waals surface area contributed by atoms with Gasteiger partial charge in [-0.2, -0.15) is 0 Å². The van der Waals surface area contributed by atoms with Gasteiger partial charge in [0.05, 0.1) is 11.3 Å². The average Bonchev–Trinajstić information content (AvgIpc) is 2.85. The standard InChI is InChI=1S/C13H15F2NO2/c1-16(8-4-2-3-5-8)10-7-6-9(13(17)18)11(14)12(10)15/h6-8H,2-5H2,1H3,(H,17,18). The Morgan fingerprint density at radius 1 is 1.28 bits per heavy atom. The van der Waals surface area contributed by atoms with E-state index in [0.29, 0.717) is 0 Å². The minimum absolute atomic E-state index is 0.129. The predicted molar refractivity (Wildman–Crippen MR) is 64.0 cm³/mol. The Morgan fingerprint density at radius 3 is 2.44 bits per heavy atom. The van der Waals surface area contributed by atoms with Crippen molar-refractivity contribution in [2.75, 3.05) is 11.9 Å². The number of halogens is 2. The molecule has 0 radical (unpaired) electrons. The van der Waals surface area contributed by atoms with Crippen molar-refractivity contribution in [1.82, 2.24) is 0 Å². The quantitative estimate of drug-likeness (QED) is 0.902. The maximum Gasteiger partial charge on any atom is 0.338 e. The van der Waals surface area contributed by atoms with E-state index in [-0.39, 0.29) is 11.7 Å². The van der Waals surface area contributed by atoms with Crippen molar-refractivity contribution in [2.24, 2.45) is 0 Å². The molecule has 3 nitrogen and oxygen atoms in total. The van der Waals surface area contributed by atoms with E-state index in [0.717, 1.165) is 31.7 Å². The second kappa shape index (κ2) is 4.92. The third-order valence-corrected chi connectivity index (χ3v) is 3.54. The molecule has 0 unspecified atom stereocenters. The van der Waals surface area contributed by atoms with Crippen LogP contribution in [0.25, 0.3) is 0 Å².